The highest BCUT2D eigenvalue weighted by Gasteiger charge is 2.27. The van der Waals surface area contributed by atoms with Crippen LogP contribution in [0, 0.1) is 0 Å². The molecule has 0 radical (unpaired) electrons. The molecular weight excluding hydrogens is 344 g/mol. The molecule has 0 atom stereocenters. The third kappa shape index (κ3) is 4.91. The van der Waals surface area contributed by atoms with E-state index in [1.165, 1.54) is 0 Å². The molecule has 1 aromatic carbocycles. The summed E-state index contributed by atoms with van der Waals surface area (Å²) in [5.41, 5.74) is 0. The Morgan fingerprint density at radius 1 is 0.750 bits per heavy atom. The molecule has 0 heterocycles. The lowest BCUT2D eigenvalue weighted by molar-refractivity contribution is 0.372. The van der Waals surface area contributed by atoms with Gasteiger partial charge in [0.15, 0.2) is 16.4 Å². The molecule has 1 rings (SSSR count). The third-order valence-corrected chi connectivity index (χ3v) is 3.29. The molecule has 3 N–H and O–H groups in total. The van der Waals surface area contributed by atoms with E-state index in [1.54, 1.807) is 0 Å². The quantitative estimate of drug-likeness (QED) is 0.571. The van der Waals surface area contributed by atoms with Crippen LogP contribution in [0.1, 0.15) is 0 Å². The Bertz CT molecular complexity index is 765. The first-order chi connectivity index (χ1) is 8.80. The Balaban J connectivity index is 3.60. The summed E-state index contributed by atoms with van der Waals surface area (Å²) in [6, 6.07) is 2.22. The Kier molecular flexibility index (Phi) is 4.28. The maximum Gasteiger partial charge on any atom is 0.446 e. The van der Waals surface area contributed by atoms with E-state index in [0.29, 0.717) is 12.1 Å². The van der Waals surface area contributed by atoms with Gasteiger partial charge in [-0.3, -0.25) is 13.7 Å². The molecule has 0 amide bonds. The van der Waals surface area contributed by atoms with Gasteiger partial charge in [-0.2, -0.15) is 25.3 Å². The van der Waals surface area contributed by atoms with Gasteiger partial charge in [0.05, 0.1) is 0 Å². The van der Waals surface area contributed by atoms with Crippen molar-refractivity contribution < 1.29 is 47.3 Å². The molecule has 0 aliphatic carbocycles. The van der Waals surface area contributed by atoms with Crippen LogP contribution >= 0.6 is 0 Å². The van der Waals surface area contributed by atoms with Gasteiger partial charge in [0.2, 0.25) is 0 Å². The minimum atomic E-state index is -5.21. The molecule has 0 bridgehead atoms. The lowest BCUT2D eigenvalue weighted by Crippen LogP contribution is -2.14. The van der Waals surface area contributed by atoms with Crippen molar-refractivity contribution in [3.63, 3.8) is 0 Å². The van der Waals surface area contributed by atoms with Crippen LogP contribution in [0.2, 0.25) is 0 Å². The van der Waals surface area contributed by atoms with Crippen LogP contribution in [0.3, 0.4) is 0 Å². The molecule has 0 aromatic heterocycles. The second-order valence-electron chi connectivity index (χ2n) is 3.08. The summed E-state index contributed by atoms with van der Waals surface area (Å²) in [5.74, 6) is -2.28. The molecule has 14 heteroatoms. The molecule has 1 aromatic rings. The van der Waals surface area contributed by atoms with E-state index in [2.05, 4.69) is 8.37 Å². The summed E-state index contributed by atoms with van der Waals surface area (Å²) in [6.45, 7) is 0. The first kappa shape index (κ1) is 16.6. The maximum atomic E-state index is 11.1. The van der Waals surface area contributed by atoms with Gasteiger partial charge in [-0.25, -0.2) is 0 Å². The Hall–Kier alpha value is -1.45. The van der Waals surface area contributed by atoms with Crippen LogP contribution in [-0.2, 0) is 30.9 Å². The maximum absolute atomic E-state index is 11.1. The van der Waals surface area contributed by atoms with E-state index >= 15 is 0 Å². The minimum absolute atomic E-state index is 0.674. The van der Waals surface area contributed by atoms with Gasteiger partial charge < -0.3 is 8.37 Å². The van der Waals surface area contributed by atoms with Crippen molar-refractivity contribution >= 4 is 30.9 Å². The van der Waals surface area contributed by atoms with Gasteiger partial charge in [-0.05, 0) is 12.1 Å². The Morgan fingerprint density at radius 3 is 1.35 bits per heavy atom. The highest BCUT2D eigenvalue weighted by Crippen LogP contribution is 2.34. The summed E-state index contributed by atoms with van der Waals surface area (Å²) >= 11 is 0. The zero-order valence-electron chi connectivity index (χ0n) is 9.06. The van der Waals surface area contributed by atoms with E-state index in [1.807, 2.05) is 0 Å². The number of hydrogen-bond acceptors (Lipinski definition) is 8. The first-order valence-corrected chi connectivity index (χ1v) is 8.41. The third-order valence-electron chi connectivity index (χ3n) is 1.59. The van der Waals surface area contributed by atoms with E-state index < -0.39 is 47.3 Å². The molecular formula is C6H6O11S3. The van der Waals surface area contributed by atoms with Gasteiger partial charge in [-0.15, -0.1) is 0 Å². The molecule has 0 saturated carbocycles. The van der Waals surface area contributed by atoms with Crippen LogP contribution in [0.5, 0.6) is 11.5 Å². The molecule has 0 fully saturated rings. The number of hydrogen-bond donors (Lipinski definition) is 3. The SMILES string of the molecule is O=S(=O)(O)Oc1cccc(OS(=O)(=O)O)c1S(=O)(=O)O. The van der Waals surface area contributed by atoms with Gasteiger partial charge >= 0.3 is 30.9 Å². The van der Waals surface area contributed by atoms with E-state index in [4.69, 9.17) is 13.7 Å². The van der Waals surface area contributed by atoms with Crippen molar-refractivity contribution in [2.24, 2.45) is 0 Å². The fourth-order valence-electron chi connectivity index (χ4n) is 1.11. The molecule has 11 nitrogen and oxygen atoms in total. The molecule has 0 saturated heterocycles. The topological polar surface area (TPSA) is 182 Å². The summed E-state index contributed by atoms with van der Waals surface area (Å²) in [5, 5.41) is 0. The summed E-state index contributed by atoms with van der Waals surface area (Å²) < 4.78 is 97.8. The van der Waals surface area contributed by atoms with Crippen LogP contribution in [-0.4, -0.2) is 38.9 Å². The fourth-order valence-corrected chi connectivity index (χ4v) is 2.67. The summed E-state index contributed by atoms with van der Waals surface area (Å²) in [4.78, 5) is -1.42. The second kappa shape index (κ2) is 5.15. The zero-order valence-corrected chi connectivity index (χ0v) is 11.5. The van der Waals surface area contributed by atoms with E-state index in [-0.39, 0.29) is 0 Å². The van der Waals surface area contributed by atoms with E-state index in [0.717, 1.165) is 6.07 Å². The van der Waals surface area contributed by atoms with Crippen LogP contribution in [0.15, 0.2) is 23.1 Å². The summed E-state index contributed by atoms with van der Waals surface area (Å²) in [6.07, 6.45) is 0. The summed E-state index contributed by atoms with van der Waals surface area (Å²) in [7, 11) is -15.5. The Labute approximate surface area is 113 Å². The van der Waals surface area contributed by atoms with Crippen LogP contribution in [0.25, 0.3) is 0 Å². The van der Waals surface area contributed by atoms with E-state index in [9.17, 15) is 25.3 Å². The van der Waals surface area contributed by atoms with Crippen molar-refractivity contribution in [1.29, 1.82) is 0 Å². The van der Waals surface area contributed by atoms with Crippen molar-refractivity contribution in [3.05, 3.63) is 18.2 Å². The van der Waals surface area contributed by atoms with Crippen molar-refractivity contribution in [2.75, 3.05) is 0 Å². The normalized spacial score (nSPS) is 12.9. The monoisotopic (exact) mass is 350 g/mol. The minimum Gasteiger partial charge on any atom is -0.360 e. The number of rotatable bonds is 5. The molecule has 0 unspecified atom stereocenters. The standard InChI is InChI=1S/C6H6O11S3/c7-18(8,9)6-4(16-19(10,11)12)2-1-3-5(6)17-20(13,14)15/h1-3H,(H,7,8,9)(H,10,11,12)(H,13,14,15). The predicted molar refractivity (Wildman–Crippen MR) is 60.6 cm³/mol. The smallest absolute Gasteiger partial charge is 0.360 e. The second-order valence-corrected chi connectivity index (χ2v) is 6.48. The molecule has 0 spiro atoms. The average Bonchev–Trinajstić information content (AvgIpc) is 2.09. The Morgan fingerprint density at radius 2 is 1.10 bits per heavy atom. The first-order valence-electron chi connectivity index (χ1n) is 4.24. The van der Waals surface area contributed by atoms with Crippen LogP contribution < -0.4 is 8.37 Å². The fraction of sp³-hybridized carbons (Fsp3) is 0. The molecule has 20 heavy (non-hydrogen) atoms. The lowest BCUT2D eigenvalue weighted by atomic mass is 10.3. The number of benzene rings is 1. The van der Waals surface area contributed by atoms with Crippen molar-refractivity contribution in [3.8, 4) is 11.5 Å². The lowest BCUT2D eigenvalue weighted by Gasteiger charge is -2.10. The van der Waals surface area contributed by atoms with Crippen molar-refractivity contribution in [1.82, 2.24) is 0 Å². The largest absolute Gasteiger partial charge is 0.446 e. The molecule has 0 aliphatic heterocycles. The molecule has 0 aliphatic rings. The van der Waals surface area contributed by atoms with Gasteiger partial charge in [0.25, 0.3) is 0 Å². The predicted octanol–water partition coefficient (Wildman–Crippen LogP) is -0.703. The molecule has 114 valence electrons. The van der Waals surface area contributed by atoms with Crippen molar-refractivity contribution in [2.45, 2.75) is 4.90 Å². The van der Waals surface area contributed by atoms with Gasteiger partial charge in [0.1, 0.15) is 0 Å². The zero-order chi connectivity index (χ0) is 15.8. The van der Waals surface area contributed by atoms with Gasteiger partial charge in [0, 0.05) is 0 Å². The average molecular weight is 350 g/mol. The van der Waals surface area contributed by atoms with Gasteiger partial charge in [-0.1, -0.05) is 6.07 Å². The highest BCUT2D eigenvalue weighted by atomic mass is 32.3. The van der Waals surface area contributed by atoms with Crippen LogP contribution in [0.4, 0.5) is 0 Å². The highest BCUT2D eigenvalue weighted by molar-refractivity contribution is 7.86.